The van der Waals surface area contributed by atoms with Gasteiger partial charge in [-0.05, 0) is 50.3 Å². The summed E-state index contributed by atoms with van der Waals surface area (Å²) >= 11 is 0. The highest BCUT2D eigenvalue weighted by Gasteiger charge is 2.35. The van der Waals surface area contributed by atoms with Gasteiger partial charge in [0.05, 0.1) is 11.8 Å². The van der Waals surface area contributed by atoms with Crippen LogP contribution in [0.15, 0.2) is 28.8 Å². The Balaban J connectivity index is 1.34. The van der Waals surface area contributed by atoms with Crippen LogP contribution in [0.25, 0.3) is 10.9 Å². The monoisotopic (exact) mass is 379 g/mol. The third kappa shape index (κ3) is 3.02. The van der Waals surface area contributed by atoms with Crippen LogP contribution in [0.4, 0.5) is 0 Å². The normalized spacial score (nSPS) is 22.0. The molecule has 0 saturated carbocycles. The number of aromatic amines is 1. The van der Waals surface area contributed by atoms with Crippen molar-refractivity contribution in [3.05, 3.63) is 52.5 Å². The molecule has 2 N–H and O–H groups in total. The zero-order valence-corrected chi connectivity index (χ0v) is 16.1. The molecule has 28 heavy (non-hydrogen) atoms. The molecule has 1 saturated heterocycles. The second-order valence-electron chi connectivity index (χ2n) is 8.23. The third-order valence-electron chi connectivity index (χ3n) is 6.18. The van der Waals surface area contributed by atoms with E-state index in [1.807, 2.05) is 25.1 Å². The van der Waals surface area contributed by atoms with Gasteiger partial charge in [0.15, 0.2) is 0 Å². The van der Waals surface area contributed by atoms with Crippen LogP contribution in [0.2, 0.25) is 0 Å². The Morgan fingerprint density at radius 3 is 2.96 bits per heavy atom. The lowest BCUT2D eigenvalue weighted by molar-refractivity contribution is 0.0764. The van der Waals surface area contributed by atoms with Crippen molar-refractivity contribution in [2.24, 2.45) is 5.92 Å². The average molecular weight is 379 g/mol. The zero-order valence-electron chi connectivity index (χ0n) is 16.1. The molecule has 0 bridgehead atoms. The van der Waals surface area contributed by atoms with E-state index in [0.717, 1.165) is 29.8 Å². The van der Waals surface area contributed by atoms with Gasteiger partial charge in [0.2, 0.25) is 0 Å². The lowest BCUT2D eigenvalue weighted by Crippen LogP contribution is -2.29. The highest BCUT2D eigenvalue weighted by atomic mass is 16.5. The molecule has 1 aromatic carbocycles. The minimum absolute atomic E-state index is 0.0234. The number of nitrogens with one attached hydrogen (secondary N) is 1. The fraction of sp³-hybridized carbons (Fsp3) is 0.455. The number of amides is 1. The highest BCUT2D eigenvalue weighted by molar-refractivity contribution is 5.99. The number of carbonyl (C=O) groups is 1. The number of likely N-dealkylation sites (tertiary alicyclic amines) is 1. The Bertz CT molecular complexity index is 1040. The molecule has 0 unspecified atom stereocenters. The minimum atomic E-state index is -0.545. The van der Waals surface area contributed by atoms with Crippen LogP contribution in [-0.2, 0) is 19.3 Å². The third-order valence-corrected chi connectivity index (χ3v) is 6.18. The second kappa shape index (κ2) is 6.78. The van der Waals surface area contributed by atoms with Crippen LogP contribution in [-0.4, -0.2) is 45.2 Å². The molecule has 1 aliphatic heterocycles. The van der Waals surface area contributed by atoms with Crippen LogP contribution in [0.1, 0.15) is 45.9 Å². The summed E-state index contributed by atoms with van der Waals surface area (Å²) in [5.74, 6) is 0.705. The Hall–Kier alpha value is -2.60. The van der Waals surface area contributed by atoms with Gasteiger partial charge >= 0.3 is 0 Å². The standard InChI is InChI=1S/C22H25N3O3/c1-13-8-16(28-24-13)9-15-11-25(12-21(15)26)22(27)14-6-7-18-17-4-2-3-5-19(17)23-20(18)10-14/h6-8,10,15,21,23,26H,2-5,9,11-12H2,1H3/t15-,21+/m1/s1. The number of aliphatic hydroxyl groups excluding tert-OH is 1. The van der Waals surface area contributed by atoms with Crippen LogP contribution in [0.5, 0.6) is 0 Å². The number of β-amino-alcohol motifs (C(OH)–C–C–N with tert-alkyl or cyclic N) is 1. The second-order valence-corrected chi connectivity index (χ2v) is 8.23. The lowest BCUT2D eigenvalue weighted by Gasteiger charge is -2.16. The van der Waals surface area contributed by atoms with Gasteiger partial charge in [-0.1, -0.05) is 11.2 Å². The van der Waals surface area contributed by atoms with Gasteiger partial charge < -0.3 is 19.5 Å². The fourth-order valence-corrected chi connectivity index (χ4v) is 4.72. The predicted octanol–water partition coefficient (Wildman–Crippen LogP) is 3.02. The van der Waals surface area contributed by atoms with Crippen molar-refractivity contribution in [2.45, 2.75) is 45.1 Å². The summed E-state index contributed by atoms with van der Waals surface area (Å²) in [7, 11) is 0. The average Bonchev–Trinajstić information content (AvgIpc) is 3.38. The summed E-state index contributed by atoms with van der Waals surface area (Å²) < 4.78 is 5.27. The number of aromatic nitrogens is 2. The van der Waals surface area contributed by atoms with E-state index in [0.29, 0.717) is 25.1 Å². The summed E-state index contributed by atoms with van der Waals surface area (Å²) in [6.07, 6.45) is 4.71. The van der Waals surface area contributed by atoms with E-state index in [2.05, 4.69) is 16.2 Å². The van der Waals surface area contributed by atoms with Crippen LogP contribution in [0, 0.1) is 12.8 Å². The molecule has 6 nitrogen and oxygen atoms in total. The van der Waals surface area contributed by atoms with Crippen molar-refractivity contribution >= 4 is 16.8 Å². The van der Waals surface area contributed by atoms with E-state index < -0.39 is 6.10 Å². The number of hydrogen-bond acceptors (Lipinski definition) is 4. The molecule has 146 valence electrons. The molecule has 3 heterocycles. The van der Waals surface area contributed by atoms with Crippen LogP contribution < -0.4 is 0 Å². The van der Waals surface area contributed by atoms with Gasteiger partial charge in [-0.25, -0.2) is 0 Å². The van der Waals surface area contributed by atoms with Crippen molar-refractivity contribution in [1.82, 2.24) is 15.0 Å². The number of benzene rings is 1. The SMILES string of the molecule is Cc1cc(C[C@@H]2CN(C(=O)c3ccc4c5c([nH]c4c3)CCCC5)C[C@@H]2O)on1. The lowest BCUT2D eigenvalue weighted by atomic mass is 9.95. The van der Waals surface area contributed by atoms with E-state index in [1.165, 1.54) is 29.5 Å². The van der Waals surface area contributed by atoms with Gasteiger partial charge in [-0.15, -0.1) is 0 Å². The van der Waals surface area contributed by atoms with Gasteiger partial charge in [-0.2, -0.15) is 0 Å². The first-order valence-electron chi connectivity index (χ1n) is 10.1. The van der Waals surface area contributed by atoms with Gasteiger partial charge in [0.25, 0.3) is 5.91 Å². The van der Waals surface area contributed by atoms with Gasteiger partial charge in [-0.3, -0.25) is 4.79 Å². The largest absolute Gasteiger partial charge is 0.391 e. The summed E-state index contributed by atoms with van der Waals surface area (Å²) in [4.78, 5) is 18.3. The van der Waals surface area contributed by atoms with Gasteiger partial charge in [0.1, 0.15) is 5.76 Å². The molecule has 2 aromatic heterocycles. The first-order chi connectivity index (χ1) is 13.6. The first-order valence-corrected chi connectivity index (χ1v) is 10.1. The summed E-state index contributed by atoms with van der Waals surface area (Å²) in [6.45, 7) is 2.76. The van der Waals surface area contributed by atoms with E-state index in [-0.39, 0.29) is 11.8 Å². The zero-order chi connectivity index (χ0) is 19.3. The number of carbonyl (C=O) groups excluding carboxylic acids is 1. The van der Waals surface area contributed by atoms with E-state index in [1.54, 1.807) is 4.90 Å². The maximum absolute atomic E-state index is 13.0. The number of nitrogens with zero attached hydrogens (tertiary/aromatic N) is 2. The molecule has 0 spiro atoms. The molecule has 3 aromatic rings. The van der Waals surface area contributed by atoms with Gasteiger partial charge in [0, 0.05) is 53.7 Å². The fourth-order valence-electron chi connectivity index (χ4n) is 4.72. The molecule has 1 fully saturated rings. The maximum Gasteiger partial charge on any atom is 0.254 e. The van der Waals surface area contributed by atoms with Crippen molar-refractivity contribution in [2.75, 3.05) is 13.1 Å². The number of H-pyrrole nitrogens is 1. The predicted molar refractivity (Wildman–Crippen MR) is 105 cm³/mol. The number of aryl methyl sites for hydroxylation is 3. The summed E-state index contributed by atoms with van der Waals surface area (Å²) in [6, 6.07) is 7.85. The molecule has 1 aliphatic carbocycles. The van der Waals surface area contributed by atoms with E-state index in [4.69, 9.17) is 4.52 Å². The minimum Gasteiger partial charge on any atom is -0.391 e. The van der Waals surface area contributed by atoms with Crippen molar-refractivity contribution in [1.29, 1.82) is 0 Å². The number of hydrogen-bond donors (Lipinski definition) is 2. The molecule has 1 amide bonds. The van der Waals surface area contributed by atoms with Crippen molar-refractivity contribution < 1.29 is 14.4 Å². The molecule has 0 radical (unpaired) electrons. The topological polar surface area (TPSA) is 82.4 Å². The molecular formula is C22H25N3O3. The first kappa shape index (κ1) is 17.5. The quantitative estimate of drug-likeness (QED) is 0.733. The Morgan fingerprint density at radius 2 is 2.14 bits per heavy atom. The molecular weight excluding hydrogens is 354 g/mol. The van der Waals surface area contributed by atoms with Crippen LogP contribution in [0.3, 0.4) is 0 Å². The molecule has 2 atom stereocenters. The Morgan fingerprint density at radius 1 is 1.29 bits per heavy atom. The molecule has 2 aliphatic rings. The summed E-state index contributed by atoms with van der Waals surface area (Å²) in [5, 5.41) is 15.6. The highest BCUT2D eigenvalue weighted by Crippen LogP contribution is 2.30. The number of aliphatic hydroxyl groups is 1. The number of rotatable bonds is 3. The Labute approximate surface area is 163 Å². The maximum atomic E-state index is 13.0. The molecule has 5 rings (SSSR count). The van der Waals surface area contributed by atoms with E-state index in [9.17, 15) is 9.90 Å². The molecule has 6 heteroatoms. The smallest absolute Gasteiger partial charge is 0.254 e. The van der Waals surface area contributed by atoms with E-state index >= 15 is 0 Å². The summed E-state index contributed by atoms with van der Waals surface area (Å²) in [5.41, 5.74) is 5.29. The van der Waals surface area contributed by atoms with Crippen LogP contribution >= 0.6 is 0 Å². The Kier molecular flexibility index (Phi) is 4.23. The van der Waals surface area contributed by atoms with Crippen molar-refractivity contribution in [3.63, 3.8) is 0 Å². The van der Waals surface area contributed by atoms with Crippen molar-refractivity contribution in [3.8, 4) is 0 Å². The number of fused-ring (bicyclic) bond motifs is 3.